The molecule has 1 aromatic heterocycles. The molecule has 0 saturated heterocycles. The van der Waals surface area contributed by atoms with E-state index in [0.29, 0.717) is 0 Å². The van der Waals surface area contributed by atoms with Crippen molar-refractivity contribution in [2.45, 2.75) is 36.0 Å². The molecule has 0 bridgehead atoms. The van der Waals surface area contributed by atoms with Gasteiger partial charge in [-0.3, -0.25) is 10.7 Å². The van der Waals surface area contributed by atoms with E-state index in [1.54, 1.807) is 6.20 Å². The first-order valence-electron chi connectivity index (χ1n) is 5.43. The van der Waals surface area contributed by atoms with Gasteiger partial charge in [0.1, 0.15) is 6.34 Å². The number of thioether (sulfide) groups is 1. The fourth-order valence-corrected chi connectivity index (χ4v) is 2.97. The van der Waals surface area contributed by atoms with Crippen LogP contribution < -0.4 is 5.48 Å². The molecule has 0 atom stereocenters. The van der Waals surface area contributed by atoms with Crippen molar-refractivity contribution < 1.29 is 5.21 Å². The number of aliphatic imine (C=N–C) groups is 1. The Kier molecular flexibility index (Phi) is 4.18. The molecule has 86 valence electrons. The van der Waals surface area contributed by atoms with Gasteiger partial charge < -0.3 is 0 Å². The Morgan fingerprint density at radius 3 is 2.88 bits per heavy atom. The molecule has 1 aromatic rings. The normalized spacial score (nSPS) is 17.1. The average Bonchev–Trinajstić information content (AvgIpc) is 2.81. The van der Waals surface area contributed by atoms with Crippen molar-refractivity contribution in [3.05, 3.63) is 18.3 Å². The summed E-state index contributed by atoms with van der Waals surface area (Å²) < 4.78 is 0. The first kappa shape index (κ1) is 11.4. The molecule has 16 heavy (non-hydrogen) atoms. The highest BCUT2D eigenvalue weighted by Gasteiger charge is 2.16. The lowest BCUT2D eigenvalue weighted by molar-refractivity contribution is 0.240. The Bertz CT molecular complexity index is 347. The van der Waals surface area contributed by atoms with E-state index in [4.69, 9.17) is 5.21 Å². The number of pyridine rings is 1. The van der Waals surface area contributed by atoms with Crippen molar-refractivity contribution in [3.8, 4) is 0 Å². The van der Waals surface area contributed by atoms with Crippen LogP contribution in [0.15, 0.2) is 28.3 Å². The lowest BCUT2D eigenvalue weighted by Gasteiger charge is -2.07. The van der Waals surface area contributed by atoms with Crippen LogP contribution in [0.3, 0.4) is 0 Å². The van der Waals surface area contributed by atoms with Crippen molar-refractivity contribution >= 4 is 23.8 Å². The van der Waals surface area contributed by atoms with E-state index >= 15 is 0 Å². The highest BCUT2D eigenvalue weighted by atomic mass is 32.2. The van der Waals surface area contributed by atoms with Crippen molar-refractivity contribution in [2.24, 2.45) is 4.99 Å². The zero-order chi connectivity index (χ0) is 11.2. The predicted molar refractivity (Wildman–Crippen MR) is 65.4 cm³/mol. The summed E-state index contributed by atoms with van der Waals surface area (Å²) in [5.41, 5.74) is 2.60. The lowest BCUT2D eigenvalue weighted by atomic mass is 10.4. The van der Waals surface area contributed by atoms with Crippen LogP contribution in [0, 0.1) is 0 Å². The maximum Gasteiger partial charge on any atom is 0.113 e. The highest BCUT2D eigenvalue weighted by molar-refractivity contribution is 7.99. The molecule has 1 aliphatic rings. The number of hydroxylamine groups is 1. The van der Waals surface area contributed by atoms with Crippen LogP contribution in [0.2, 0.25) is 0 Å². The van der Waals surface area contributed by atoms with Crippen molar-refractivity contribution in [1.29, 1.82) is 0 Å². The number of nitrogens with one attached hydrogen (secondary N) is 1. The zero-order valence-electron chi connectivity index (χ0n) is 8.97. The summed E-state index contributed by atoms with van der Waals surface area (Å²) in [4.78, 5) is 8.27. The Hall–Kier alpha value is -1.07. The fraction of sp³-hybridized carbons (Fsp3) is 0.455. The van der Waals surface area contributed by atoms with Crippen LogP contribution in [-0.2, 0) is 0 Å². The van der Waals surface area contributed by atoms with Gasteiger partial charge in [-0.05, 0) is 25.0 Å². The van der Waals surface area contributed by atoms with Crippen LogP contribution in [0.1, 0.15) is 25.7 Å². The minimum Gasteiger partial charge on any atom is -0.290 e. The second kappa shape index (κ2) is 5.86. The summed E-state index contributed by atoms with van der Waals surface area (Å²) in [6, 6.07) is 3.88. The largest absolute Gasteiger partial charge is 0.290 e. The number of nitrogens with zero attached hydrogens (tertiary/aromatic N) is 2. The average molecular weight is 237 g/mol. The Balaban J connectivity index is 1.93. The van der Waals surface area contributed by atoms with Gasteiger partial charge in [0.25, 0.3) is 0 Å². The molecule has 0 spiro atoms. The molecule has 0 amide bonds. The first-order valence-corrected chi connectivity index (χ1v) is 6.31. The van der Waals surface area contributed by atoms with Gasteiger partial charge in [0, 0.05) is 5.25 Å². The third kappa shape index (κ3) is 3.21. The van der Waals surface area contributed by atoms with Crippen LogP contribution >= 0.6 is 11.8 Å². The molecule has 0 aromatic carbocycles. The van der Waals surface area contributed by atoms with Crippen LogP contribution in [0.25, 0.3) is 0 Å². The maximum absolute atomic E-state index is 8.35. The quantitative estimate of drug-likeness (QED) is 0.480. The molecular formula is C11H15N3OS. The minimum absolute atomic E-state index is 0.734. The highest BCUT2D eigenvalue weighted by Crippen LogP contribution is 2.33. The van der Waals surface area contributed by atoms with Gasteiger partial charge in [-0.25, -0.2) is 9.98 Å². The van der Waals surface area contributed by atoms with Crippen molar-refractivity contribution in [2.75, 3.05) is 0 Å². The monoisotopic (exact) mass is 237 g/mol. The maximum atomic E-state index is 8.35. The van der Waals surface area contributed by atoms with E-state index in [-0.39, 0.29) is 0 Å². The third-order valence-corrected chi connectivity index (χ3v) is 3.87. The SMILES string of the molecule is ONC=Nc1ccc(SC2CCCC2)nc1. The smallest absolute Gasteiger partial charge is 0.113 e. The predicted octanol–water partition coefficient (Wildman–Crippen LogP) is 2.75. The van der Waals surface area contributed by atoms with Gasteiger partial charge in [0.2, 0.25) is 0 Å². The number of hydrogen-bond donors (Lipinski definition) is 2. The molecular weight excluding hydrogens is 222 g/mol. The molecule has 1 aliphatic carbocycles. The topological polar surface area (TPSA) is 57.5 Å². The van der Waals surface area contributed by atoms with Crippen LogP contribution in [-0.4, -0.2) is 21.8 Å². The van der Waals surface area contributed by atoms with E-state index in [9.17, 15) is 0 Å². The van der Waals surface area contributed by atoms with Gasteiger partial charge in [-0.15, -0.1) is 11.8 Å². The second-order valence-electron chi connectivity index (χ2n) is 3.77. The van der Waals surface area contributed by atoms with Gasteiger partial charge in [0.15, 0.2) is 0 Å². The molecule has 1 saturated carbocycles. The standard InChI is InChI=1S/C11H15N3OS/c15-14-8-13-9-5-6-11(12-7-9)16-10-3-1-2-4-10/h5-8,10,15H,1-4H2,(H,13,14). The van der Waals surface area contributed by atoms with E-state index < -0.39 is 0 Å². The molecule has 0 unspecified atom stereocenters. The molecule has 0 aliphatic heterocycles. The van der Waals surface area contributed by atoms with Crippen LogP contribution in [0.4, 0.5) is 5.69 Å². The summed E-state index contributed by atoms with van der Waals surface area (Å²) in [7, 11) is 0. The fourth-order valence-electron chi connectivity index (χ4n) is 1.80. The number of rotatable bonds is 4. The molecule has 1 heterocycles. The first-order chi connectivity index (χ1) is 7.88. The lowest BCUT2D eigenvalue weighted by Crippen LogP contribution is -2.00. The summed E-state index contributed by atoms with van der Waals surface area (Å²) in [5, 5.41) is 10.1. The van der Waals surface area contributed by atoms with Gasteiger partial charge in [-0.2, -0.15) is 0 Å². The molecule has 4 nitrogen and oxygen atoms in total. The molecule has 2 rings (SSSR count). The van der Waals surface area contributed by atoms with Crippen LogP contribution in [0.5, 0.6) is 0 Å². The summed E-state index contributed by atoms with van der Waals surface area (Å²) >= 11 is 1.86. The summed E-state index contributed by atoms with van der Waals surface area (Å²) in [6.07, 6.45) is 8.25. The zero-order valence-corrected chi connectivity index (χ0v) is 9.78. The van der Waals surface area contributed by atoms with E-state index in [1.165, 1.54) is 32.0 Å². The molecule has 1 fully saturated rings. The molecule has 2 N–H and O–H groups in total. The van der Waals surface area contributed by atoms with Gasteiger partial charge >= 0.3 is 0 Å². The third-order valence-electron chi connectivity index (χ3n) is 2.58. The molecule has 0 radical (unpaired) electrons. The number of hydrogen-bond acceptors (Lipinski definition) is 4. The Morgan fingerprint density at radius 1 is 1.44 bits per heavy atom. The van der Waals surface area contributed by atoms with Gasteiger partial charge in [0.05, 0.1) is 16.9 Å². The summed E-state index contributed by atoms with van der Waals surface area (Å²) in [5.74, 6) is 0. The second-order valence-corrected chi connectivity index (χ2v) is 5.09. The van der Waals surface area contributed by atoms with E-state index in [2.05, 4.69) is 9.98 Å². The Labute approximate surface area is 99.2 Å². The minimum atomic E-state index is 0.734. The summed E-state index contributed by atoms with van der Waals surface area (Å²) in [6.45, 7) is 0. The molecule has 5 heteroatoms. The van der Waals surface area contributed by atoms with E-state index in [1.807, 2.05) is 29.4 Å². The van der Waals surface area contributed by atoms with Crippen molar-refractivity contribution in [3.63, 3.8) is 0 Å². The van der Waals surface area contributed by atoms with Gasteiger partial charge in [-0.1, -0.05) is 12.8 Å². The Morgan fingerprint density at radius 2 is 2.25 bits per heavy atom. The number of aromatic nitrogens is 1. The van der Waals surface area contributed by atoms with Crippen molar-refractivity contribution in [1.82, 2.24) is 10.5 Å². The van der Waals surface area contributed by atoms with E-state index in [0.717, 1.165) is 16.0 Å².